The maximum atomic E-state index is 12.9. The van der Waals surface area contributed by atoms with Gasteiger partial charge in [0.05, 0.1) is 11.6 Å². The van der Waals surface area contributed by atoms with Crippen LogP contribution < -0.4 is 4.90 Å². The summed E-state index contributed by atoms with van der Waals surface area (Å²) in [5.74, 6) is -1.50. The Morgan fingerprint density at radius 1 is 1.07 bits per heavy atom. The van der Waals surface area contributed by atoms with Crippen LogP contribution in [0, 0.1) is 5.92 Å². The van der Waals surface area contributed by atoms with Gasteiger partial charge in [0.2, 0.25) is 0 Å². The molecule has 1 aliphatic heterocycles. The number of hydrogen-bond acceptors (Lipinski definition) is 4. The van der Waals surface area contributed by atoms with E-state index < -0.39 is 17.7 Å². The molecule has 2 aromatic rings. The van der Waals surface area contributed by atoms with Crippen LogP contribution >= 0.6 is 23.2 Å². The SMILES string of the molecule is CC(C)CC(=O)C1=C(O)C(=O)N(c2cc(Cl)cc(Cl)c2)C1c1ccc(O)cc1. The minimum Gasteiger partial charge on any atom is -0.508 e. The number of aliphatic hydroxyl groups excluding tert-OH is 1. The van der Waals surface area contributed by atoms with E-state index in [4.69, 9.17) is 23.2 Å². The van der Waals surface area contributed by atoms with Gasteiger partial charge in [-0.25, -0.2) is 0 Å². The molecule has 1 aliphatic rings. The molecule has 0 radical (unpaired) electrons. The Morgan fingerprint density at radius 2 is 1.64 bits per heavy atom. The van der Waals surface area contributed by atoms with Crippen molar-refractivity contribution in [3.05, 3.63) is 69.4 Å². The lowest BCUT2D eigenvalue weighted by molar-refractivity contribution is -0.118. The number of rotatable bonds is 5. The lowest BCUT2D eigenvalue weighted by Gasteiger charge is -2.27. The molecule has 1 heterocycles. The van der Waals surface area contributed by atoms with Gasteiger partial charge >= 0.3 is 0 Å². The summed E-state index contributed by atoms with van der Waals surface area (Å²) in [6, 6.07) is 9.89. The topological polar surface area (TPSA) is 77.8 Å². The fraction of sp³-hybridized carbons (Fsp3) is 0.238. The second-order valence-corrected chi connectivity index (χ2v) is 7.95. The number of anilines is 1. The van der Waals surface area contributed by atoms with Crippen LogP contribution in [0.25, 0.3) is 0 Å². The number of carbonyl (C=O) groups excluding carboxylic acids is 2. The zero-order valence-electron chi connectivity index (χ0n) is 15.3. The largest absolute Gasteiger partial charge is 0.508 e. The second kappa shape index (κ2) is 7.86. The second-order valence-electron chi connectivity index (χ2n) is 7.08. The molecule has 0 bridgehead atoms. The average molecular weight is 420 g/mol. The molecular weight excluding hydrogens is 401 g/mol. The van der Waals surface area contributed by atoms with Gasteiger partial charge in [-0.3, -0.25) is 14.5 Å². The highest BCUT2D eigenvalue weighted by Crippen LogP contribution is 2.43. The summed E-state index contributed by atoms with van der Waals surface area (Å²) in [5, 5.41) is 20.8. The van der Waals surface area contributed by atoms with Gasteiger partial charge < -0.3 is 10.2 Å². The Hall–Kier alpha value is -2.50. The number of nitrogens with zero attached hydrogens (tertiary/aromatic N) is 1. The van der Waals surface area contributed by atoms with Crippen LogP contribution in [0.15, 0.2) is 53.8 Å². The lowest BCUT2D eigenvalue weighted by atomic mass is 9.92. The molecule has 0 saturated heterocycles. The highest BCUT2D eigenvalue weighted by atomic mass is 35.5. The van der Waals surface area contributed by atoms with Crippen LogP contribution in [0.4, 0.5) is 5.69 Å². The van der Waals surface area contributed by atoms with Crippen molar-refractivity contribution in [2.45, 2.75) is 26.3 Å². The minimum absolute atomic E-state index is 0.0282. The van der Waals surface area contributed by atoms with Crippen molar-refractivity contribution < 1.29 is 19.8 Å². The Morgan fingerprint density at radius 3 is 2.18 bits per heavy atom. The molecule has 146 valence electrons. The van der Waals surface area contributed by atoms with Crippen LogP contribution in [0.3, 0.4) is 0 Å². The first-order valence-electron chi connectivity index (χ1n) is 8.74. The van der Waals surface area contributed by atoms with Crippen molar-refractivity contribution in [1.82, 2.24) is 0 Å². The van der Waals surface area contributed by atoms with Crippen molar-refractivity contribution in [1.29, 1.82) is 0 Å². The maximum Gasteiger partial charge on any atom is 0.294 e. The standard InChI is InChI=1S/C21H19Cl2NO4/c1-11(2)7-17(26)18-19(12-3-5-16(25)6-4-12)24(21(28)20(18)27)15-9-13(22)8-14(23)10-15/h3-6,8-11,19,25,27H,7H2,1-2H3. The Balaban J connectivity index is 2.17. The zero-order valence-corrected chi connectivity index (χ0v) is 16.8. The summed E-state index contributed by atoms with van der Waals surface area (Å²) < 4.78 is 0. The van der Waals surface area contributed by atoms with Crippen LogP contribution in [-0.2, 0) is 9.59 Å². The summed E-state index contributed by atoms with van der Waals surface area (Å²) in [4.78, 5) is 27.1. The first kappa shape index (κ1) is 20.2. The number of amides is 1. The predicted molar refractivity (Wildman–Crippen MR) is 109 cm³/mol. The number of hydrogen-bond donors (Lipinski definition) is 2. The molecule has 5 nitrogen and oxygen atoms in total. The highest BCUT2D eigenvalue weighted by molar-refractivity contribution is 6.35. The summed E-state index contributed by atoms with van der Waals surface area (Å²) in [7, 11) is 0. The maximum absolute atomic E-state index is 12.9. The van der Waals surface area contributed by atoms with Gasteiger partial charge in [0.1, 0.15) is 5.75 Å². The molecule has 1 unspecified atom stereocenters. The van der Waals surface area contributed by atoms with E-state index in [0.717, 1.165) is 0 Å². The molecule has 2 N–H and O–H groups in total. The molecule has 0 aromatic heterocycles. The van der Waals surface area contributed by atoms with Crippen molar-refractivity contribution in [3.63, 3.8) is 0 Å². The lowest BCUT2D eigenvalue weighted by Crippen LogP contribution is -2.31. The van der Waals surface area contributed by atoms with Crippen molar-refractivity contribution in [3.8, 4) is 5.75 Å². The fourth-order valence-electron chi connectivity index (χ4n) is 3.29. The number of carbonyl (C=O) groups is 2. The van der Waals surface area contributed by atoms with Gasteiger partial charge in [-0.1, -0.05) is 49.2 Å². The van der Waals surface area contributed by atoms with Crippen LogP contribution in [0.5, 0.6) is 5.75 Å². The number of ketones is 1. The number of benzene rings is 2. The third-order valence-electron chi connectivity index (χ3n) is 4.44. The molecule has 0 spiro atoms. The van der Waals surface area contributed by atoms with Crippen molar-refractivity contribution in [2.75, 3.05) is 4.90 Å². The Labute approximate surface area is 172 Å². The van der Waals surface area contributed by atoms with E-state index in [-0.39, 0.29) is 29.4 Å². The first-order chi connectivity index (χ1) is 13.2. The quantitative estimate of drug-likeness (QED) is 0.696. The normalized spacial score (nSPS) is 17.0. The molecule has 0 aliphatic carbocycles. The average Bonchev–Trinajstić information content (AvgIpc) is 2.86. The summed E-state index contributed by atoms with van der Waals surface area (Å²) in [5.41, 5.74) is 0.957. The number of Topliss-reactive ketones (excluding diaryl/α,β-unsaturated/α-hetero) is 1. The van der Waals surface area contributed by atoms with Gasteiger partial charge in [0.15, 0.2) is 11.5 Å². The molecule has 1 amide bonds. The minimum atomic E-state index is -0.853. The third-order valence-corrected chi connectivity index (χ3v) is 4.87. The monoisotopic (exact) mass is 419 g/mol. The molecule has 7 heteroatoms. The van der Waals surface area contributed by atoms with Gasteiger partial charge in [-0.15, -0.1) is 0 Å². The van der Waals surface area contributed by atoms with E-state index in [9.17, 15) is 19.8 Å². The van der Waals surface area contributed by atoms with E-state index in [0.29, 0.717) is 21.3 Å². The molecule has 0 fully saturated rings. The molecule has 0 saturated carbocycles. The van der Waals surface area contributed by atoms with E-state index in [2.05, 4.69) is 0 Å². The predicted octanol–water partition coefficient (Wildman–Crippen LogP) is 5.21. The van der Waals surface area contributed by atoms with Crippen LogP contribution in [0.1, 0.15) is 31.9 Å². The van der Waals surface area contributed by atoms with Gasteiger partial charge in [0, 0.05) is 22.2 Å². The zero-order chi connectivity index (χ0) is 20.6. The third kappa shape index (κ3) is 3.86. The van der Waals surface area contributed by atoms with E-state index >= 15 is 0 Å². The van der Waals surface area contributed by atoms with E-state index in [1.807, 2.05) is 13.8 Å². The van der Waals surface area contributed by atoms with Crippen molar-refractivity contribution in [2.24, 2.45) is 5.92 Å². The molecule has 2 aromatic carbocycles. The van der Waals surface area contributed by atoms with Crippen molar-refractivity contribution >= 4 is 40.6 Å². The number of phenols is 1. The Bertz CT molecular complexity index is 947. The molecule has 3 rings (SSSR count). The highest BCUT2D eigenvalue weighted by Gasteiger charge is 2.44. The number of aliphatic hydroxyl groups is 1. The number of aromatic hydroxyl groups is 1. The number of phenolic OH excluding ortho intramolecular Hbond substituents is 1. The van der Waals surface area contributed by atoms with Crippen LogP contribution in [-0.4, -0.2) is 21.9 Å². The van der Waals surface area contributed by atoms with Gasteiger partial charge in [0.25, 0.3) is 5.91 Å². The molecule has 28 heavy (non-hydrogen) atoms. The summed E-state index contributed by atoms with van der Waals surface area (Å²) >= 11 is 12.2. The fourth-order valence-corrected chi connectivity index (χ4v) is 3.80. The van der Waals surface area contributed by atoms with E-state index in [1.54, 1.807) is 24.3 Å². The first-order valence-corrected chi connectivity index (χ1v) is 9.49. The number of halogens is 2. The summed E-state index contributed by atoms with van der Waals surface area (Å²) in [6.45, 7) is 3.77. The Kier molecular flexibility index (Phi) is 5.68. The van der Waals surface area contributed by atoms with Gasteiger partial charge in [-0.2, -0.15) is 0 Å². The molecular formula is C21H19Cl2NO4. The smallest absolute Gasteiger partial charge is 0.294 e. The van der Waals surface area contributed by atoms with Crippen LogP contribution in [0.2, 0.25) is 10.0 Å². The molecule has 1 atom stereocenters. The van der Waals surface area contributed by atoms with Gasteiger partial charge in [-0.05, 0) is 41.8 Å². The van der Waals surface area contributed by atoms with E-state index in [1.165, 1.54) is 23.1 Å². The summed E-state index contributed by atoms with van der Waals surface area (Å²) in [6.07, 6.45) is 0.186.